The van der Waals surface area contributed by atoms with Crippen LogP contribution in [0.1, 0.15) is 43.7 Å². The first-order valence-electron chi connectivity index (χ1n) is 6.32. The lowest BCUT2D eigenvalue weighted by Gasteiger charge is -2.28. The predicted octanol–water partition coefficient (Wildman–Crippen LogP) is 3.41. The van der Waals surface area contributed by atoms with Crippen molar-refractivity contribution in [3.63, 3.8) is 0 Å². The molecule has 94 valence electrons. The van der Waals surface area contributed by atoms with Crippen LogP contribution in [-0.4, -0.2) is 7.11 Å². The summed E-state index contributed by atoms with van der Waals surface area (Å²) in [6, 6.07) is 4.88. The fourth-order valence-corrected chi connectivity index (χ4v) is 2.75. The van der Waals surface area contributed by atoms with Crippen molar-refractivity contribution in [2.45, 2.75) is 38.1 Å². The molecule has 1 fully saturated rings. The van der Waals surface area contributed by atoms with Crippen LogP contribution < -0.4 is 10.5 Å². The molecule has 0 bridgehead atoms. The molecule has 1 atom stereocenters. The Balaban J connectivity index is 2.23. The number of hydrogen-bond donors (Lipinski definition) is 1. The second-order valence-corrected chi connectivity index (χ2v) is 4.79. The molecule has 0 saturated heterocycles. The maximum atomic E-state index is 13.6. The number of benzene rings is 1. The monoisotopic (exact) mass is 237 g/mol. The molecule has 0 spiro atoms. The van der Waals surface area contributed by atoms with Crippen LogP contribution in [0.5, 0.6) is 5.75 Å². The van der Waals surface area contributed by atoms with Crippen molar-refractivity contribution in [1.82, 2.24) is 0 Å². The van der Waals surface area contributed by atoms with Crippen molar-refractivity contribution in [2.24, 2.45) is 11.7 Å². The largest absolute Gasteiger partial charge is 0.493 e. The summed E-state index contributed by atoms with van der Waals surface area (Å²) < 4.78 is 18.7. The minimum atomic E-state index is -0.323. The summed E-state index contributed by atoms with van der Waals surface area (Å²) in [5.41, 5.74) is 7.07. The molecule has 17 heavy (non-hydrogen) atoms. The number of methoxy groups -OCH3 is 1. The molecule has 1 saturated carbocycles. The first-order valence-corrected chi connectivity index (χ1v) is 6.32. The molecule has 1 aliphatic carbocycles. The first-order chi connectivity index (χ1) is 8.24. The topological polar surface area (TPSA) is 35.2 Å². The van der Waals surface area contributed by atoms with Gasteiger partial charge < -0.3 is 10.5 Å². The van der Waals surface area contributed by atoms with E-state index < -0.39 is 0 Å². The van der Waals surface area contributed by atoms with Gasteiger partial charge in [-0.2, -0.15) is 0 Å². The Hall–Kier alpha value is -1.09. The molecule has 0 aromatic heterocycles. The maximum absolute atomic E-state index is 13.6. The van der Waals surface area contributed by atoms with Crippen molar-refractivity contribution in [1.29, 1.82) is 0 Å². The summed E-state index contributed by atoms with van der Waals surface area (Å²) in [5, 5.41) is 0. The van der Waals surface area contributed by atoms with E-state index >= 15 is 0 Å². The van der Waals surface area contributed by atoms with Gasteiger partial charge in [-0.3, -0.25) is 0 Å². The van der Waals surface area contributed by atoms with Gasteiger partial charge in [-0.05, 0) is 24.8 Å². The van der Waals surface area contributed by atoms with E-state index in [1.165, 1.54) is 32.4 Å². The van der Waals surface area contributed by atoms with Gasteiger partial charge in [0.15, 0.2) is 11.6 Å². The Bertz CT molecular complexity index is 374. The SMILES string of the molecule is COc1c(F)cccc1C(N)C1CCCCC1. The fraction of sp³-hybridized carbons (Fsp3) is 0.571. The Kier molecular flexibility index (Phi) is 4.00. The van der Waals surface area contributed by atoms with E-state index in [9.17, 15) is 4.39 Å². The molecule has 3 heteroatoms. The minimum Gasteiger partial charge on any atom is -0.493 e. The lowest BCUT2D eigenvalue weighted by atomic mass is 9.81. The van der Waals surface area contributed by atoms with Crippen LogP contribution in [0.25, 0.3) is 0 Å². The molecule has 0 heterocycles. The van der Waals surface area contributed by atoms with E-state index in [4.69, 9.17) is 10.5 Å². The third-order valence-corrected chi connectivity index (χ3v) is 3.72. The maximum Gasteiger partial charge on any atom is 0.165 e. The minimum absolute atomic E-state index is 0.110. The number of ether oxygens (including phenoxy) is 1. The lowest BCUT2D eigenvalue weighted by molar-refractivity contribution is 0.298. The molecule has 2 rings (SSSR count). The average Bonchev–Trinajstić information content (AvgIpc) is 2.38. The molecule has 1 unspecified atom stereocenters. The Morgan fingerprint density at radius 2 is 2.00 bits per heavy atom. The fourth-order valence-electron chi connectivity index (χ4n) is 2.75. The first kappa shape index (κ1) is 12.4. The standard InChI is InChI=1S/C14H20FNO/c1-17-14-11(8-5-9-12(14)15)13(16)10-6-3-2-4-7-10/h5,8-10,13H,2-4,6-7,16H2,1H3. The number of para-hydroxylation sites is 1. The summed E-state index contributed by atoms with van der Waals surface area (Å²) in [7, 11) is 1.50. The van der Waals surface area contributed by atoms with E-state index in [-0.39, 0.29) is 11.9 Å². The van der Waals surface area contributed by atoms with Gasteiger partial charge in [0, 0.05) is 11.6 Å². The molecule has 0 aliphatic heterocycles. The van der Waals surface area contributed by atoms with Crippen LogP contribution >= 0.6 is 0 Å². The molecule has 0 radical (unpaired) electrons. The Labute approximate surface area is 102 Å². The van der Waals surface area contributed by atoms with Crippen LogP contribution in [0.4, 0.5) is 4.39 Å². The van der Waals surface area contributed by atoms with Crippen LogP contribution in [0.15, 0.2) is 18.2 Å². The summed E-state index contributed by atoms with van der Waals surface area (Å²) >= 11 is 0. The number of rotatable bonds is 3. The summed E-state index contributed by atoms with van der Waals surface area (Å²) in [6.07, 6.45) is 6.04. The highest BCUT2D eigenvalue weighted by Crippen LogP contribution is 2.37. The molecule has 0 amide bonds. The Morgan fingerprint density at radius 3 is 2.65 bits per heavy atom. The van der Waals surface area contributed by atoms with Crippen LogP contribution in [0.2, 0.25) is 0 Å². The highest BCUT2D eigenvalue weighted by molar-refractivity contribution is 5.37. The molecule has 2 nitrogen and oxygen atoms in total. The van der Waals surface area contributed by atoms with Gasteiger partial charge in [0.05, 0.1) is 7.11 Å². The molecular weight excluding hydrogens is 217 g/mol. The predicted molar refractivity (Wildman–Crippen MR) is 66.5 cm³/mol. The van der Waals surface area contributed by atoms with Crippen LogP contribution in [0, 0.1) is 11.7 Å². The third-order valence-electron chi connectivity index (χ3n) is 3.72. The number of nitrogens with two attached hydrogens (primary N) is 1. The van der Waals surface area contributed by atoms with Gasteiger partial charge in [-0.25, -0.2) is 4.39 Å². The van der Waals surface area contributed by atoms with Gasteiger partial charge in [-0.1, -0.05) is 31.4 Å². The van der Waals surface area contributed by atoms with Crippen LogP contribution in [0.3, 0.4) is 0 Å². The van der Waals surface area contributed by atoms with E-state index in [1.54, 1.807) is 6.07 Å². The van der Waals surface area contributed by atoms with Crippen molar-refractivity contribution in [3.8, 4) is 5.75 Å². The molecule has 1 aliphatic rings. The summed E-state index contributed by atoms with van der Waals surface area (Å²) in [4.78, 5) is 0. The highest BCUT2D eigenvalue weighted by Gasteiger charge is 2.25. The molecule has 1 aromatic rings. The van der Waals surface area contributed by atoms with Crippen molar-refractivity contribution in [2.75, 3.05) is 7.11 Å². The lowest BCUT2D eigenvalue weighted by Crippen LogP contribution is -2.24. The second kappa shape index (κ2) is 5.50. The van der Waals surface area contributed by atoms with Gasteiger partial charge >= 0.3 is 0 Å². The quantitative estimate of drug-likeness (QED) is 0.874. The van der Waals surface area contributed by atoms with Gasteiger partial charge in [0.25, 0.3) is 0 Å². The summed E-state index contributed by atoms with van der Waals surface area (Å²) in [5.74, 6) is 0.446. The number of hydrogen-bond acceptors (Lipinski definition) is 2. The third kappa shape index (κ3) is 2.60. The molecule has 2 N–H and O–H groups in total. The van der Waals surface area contributed by atoms with Gasteiger partial charge in [-0.15, -0.1) is 0 Å². The van der Waals surface area contributed by atoms with Crippen molar-refractivity contribution < 1.29 is 9.13 Å². The number of halogens is 1. The zero-order valence-corrected chi connectivity index (χ0v) is 10.3. The Morgan fingerprint density at radius 1 is 1.29 bits per heavy atom. The normalized spacial score (nSPS) is 19.0. The molecule has 1 aromatic carbocycles. The molecular formula is C14H20FNO. The smallest absolute Gasteiger partial charge is 0.165 e. The van der Waals surface area contributed by atoms with Gasteiger partial charge in [0.1, 0.15) is 0 Å². The average molecular weight is 237 g/mol. The van der Waals surface area contributed by atoms with Crippen molar-refractivity contribution in [3.05, 3.63) is 29.6 Å². The van der Waals surface area contributed by atoms with E-state index in [1.807, 2.05) is 6.07 Å². The van der Waals surface area contributed by atoms with Crippen LogP contribution in [-0.2, 0) is 0 Å². The van der Waals surface area contributed by atoms with Gasteiger partial charge in [0.2, 0.25) is 0 Å². The second-order valence-electron chi connectivity index (χ2n) is 4.79. The van der Waals surface area contributed by atoms with E-state index in [2.05, 4.69) is 0 Å². The van der Waals surface area contributed by atoms with E-state index in [0.717, 1.165) is 18.4 Å². The highest BCUT2D eigenvalue weighted by atomic mass is 19.1. The zero-order chi connectivity index (χ0) is 12.3. The van der Waals surface area contributed by atoms with E-state index in [0.29, 0.717) is 11.7 Å². The summed E-state index contributed by atoms with van der Waals surface area (Å²) in [6.45, 7) is 0. The van der Waals surface area contributed by atoms with Crippen molar-refractivity contribution >= 4 is 0 Å². The zero-order valence-electron chi connectivity index (χ0n) is 10.3.